The largest absolute Gasteiger partial charge is 0.480 e. The lowest BCUT2D eigenvalue weighted by Gasteiger charge is -2.33. The maximum atomic E-state index is 12.1. The first-order valence-electron chi connectivity index (χ1n) is 6.98. The highest BCUT2D eigenvalue weighted by atomic mass is 16.5. The maximum Gasteiger partial charge on any atom is 0.328 e. The molecule has 0 saturated carbocycles. The van der Waals surface area contributed by atoms with Crippen LogP contribution in [-0.4, -0.2) is 66.3 Å². The summed E-state index contributed by atoms with van der Waals surface area (Å²) in [7, 11) is 0. The fourth-order valence-electron chi connectivity index (χ4n) is 1.84. The van der Waals surface area contributed by atoms with Crippen LogP contribution in [0.4, 0.5) is 4.79 Å². The molecule has 1 fully saturated rings. The van der Waals surface area contributed by atoms with Crippen LogP contribution in [0, 0.1) is 5.92 Å². The van der Waals surface area contributed by atoms with Crippen molar-refractivity contribution < 1.29 is 24.2 Å². The predicted octanol–water partition coefficient (Wildman–Crippen LogP) is -0.358. The lowest BCUT2D eigenvalue weighted by atomic mass is 10.2. The summed E-state index contributed by atoms with van der Waals surface area (Å²) in [6.45, 7) is 6.44. The molecule has 120 valence electrons. The van der Waals surface area contributed by atoms with E-state index in [9.17, 15) is 14.4 Å². The molecule has 8 heteroatoms. The fourth-order valence-corrected chi connectivity index (χ4v) is 1.84. The van der Waals surface area contributed by atoms with Crippen molar-refractivity contribution in [3.05, 3.63) is 0 Å². The molecule has 2 atom stereocenters. The monoisotopic (exact) mass is 301 g/mol. The SMILES string of the molecule is CC(C)CNC(=O)C(C)NC(=O)N1CCOCC1C(=O)O. The van der Waals surface area contributed by atoms with E-state index in [0.717, 1.165) is 0 Å². The summed E-state index contributed by atoms with van der Waals surface area (Å²) in [5, 5.41) is 14.3. The molecule has 2 unspecified atom stereocenters. The van der Waals surface area contributed by atoms with E-state index in [1.54, 1.807) is 6.92 Å². The second-order valence-electron chi connectivity index (χ2n) is 5.43. The fraction of sp³-hybridized carbons (Fsp3) is 0.769. The number of carbonyl (C=O) groups is 3. The number of hydrogen-bond acceptors (Lipinski definition) is 4. The Labute approximate surface area is 123 Å². The van der Waals surface area contributed by atoms with E-state index >= 15 is 0 Å². The highest BCUT2D eigenvalue weighted by molar-refractivity contribution is 5.88. The molecule has 0 radical (unpaired) electrons. The number of hydrogen-bond donors (Lipinski definition) is 3. The Morgan fingerprint density at radius 1 is 1.33 bits per heavy atom. The number of rotatable bonds is 5. The van der Waals surface area contributed by atoms with Crippen LogP contribution in [0.5, 0.6) is 0 Å². The predicted molar refractivity (Wildman–Crippen MR) is 74.8 cm³/mol. The van der Waals surface area contributed by atoms with Crippen molar-refractivity contribution in [2.75, 3.05) is 26.3 Å². The van der Waals surface area contributed by atoms with Gasteiger partial charge in [0.1, 0.15) is 6.04 Å². The maximum absolute atomic E-state index is 12.1. The van der Waals surface area contributed by atoms with E-state index in [0.29, 0.717) is 12.5 Å². The Morgan fingerprint density at radius 2 is 2.00 bits per heavy atom. The van der Waals surface area contributed by atoms with Crippen molar-refractivity contribution in [1.82, 2.24) is 15.5 Å². The molecular weight excluding hydrogens is 278 g/mol. The number of ether oxygens (including phenoxy) is 1. The number of amides is 3. The second kappa shape index (κ2) is 7.82. The third kappa shape index (κ3) is 5.22. The van der Waals surface area contributed by atoms with Crippen LogP contribution in [0.1, 0.15) is 20.8 Å². The Balaban J connectivity index is 2.54. The smallest absolute Gasteiger partial charge is 0.328 e. The number of carbonyl (C=O) groups excluding carboxylic acids is 2. The van der Waals surface area contributed by atoms with Crippen LogP contribution in [0.3, 0.4) is 0 Å². The summed E-state index contributed by atoms with van der Waals surface area (Å²) in [6.07, 6.45) is 0. The van der Waals surface area contributed by atoms with E-state index < -0.39 is 24.1 Å². The van der Waals surface area contributed by atoms with E-state index in [1.165, 1.54) is 4.90 Å². The molecule has 3 N–H and O–H groups in total. The van der Waals surface area contributed by atoms with Gasteiger partial charge in [0, 0.05) is 13.1 Å². The van der Waals surface area contributed by atoms with Crippen molar-refractivity contribution >= 4 is 17.9 Å². The number of urea groups is 1. The molecular formula is C13H23N3O5. The van der Waals surface area contributed by atoms with Crippen LogP contribution in [0.15, 0.2) is 0 Å². The van der Waals surface area contributed by atoms with Gasteiger partial charge in [0.05, 0.1) is 13.2 Å². The third-order valence-electron chi connectivity index (χ3n) is 3.09. The molecule has 1 aliphatic rings. The van der Waals surface area contributed by atoms with Crippen molar-refractivity contribution in [3.8, 4) is 0 Å². The van der Waals surface area contributed by atoms with E-state index in [1.807, 2.05) is 13.8 Å². The Morgan fingerprint density at radius 3 is 2.57 bits per heavy atom. The van der Waals surface area contributed by atoms with Gasteiger partial charge in [-0.1, -0.05) is 13.8 Å². The number of aliphatic carboxylic acids is 1. The van der Waals surface area contributed by atoms with Crippen molar-refractivity contribution in [2.45, 2.75) is 32.9 Å². The number of carboxylic acids is 1. The molecule has 0 aromatic heterocycles. The Kier molecular flexibility index (Phi) is 6.41. The number of nitrogens with zero attached hydrogens (tertiary/aromatic N) is 1. The molecule has 1 aliphatic heterocycles. The number of nitrogens with one attached hydrogen (secondary N) is 2. The van der Waals surface area contributed by atoms with Gasteiger partial charge in [-0.2, -0.15) is 0 Å². The van der Waals surface area contributed by atoms with Gasteiger partial charge in [0.25, 0.3) is 0 Å². The van der Waals surface area contributed by atoms with Crippen LogP contribution >= 0.6 is 0 Å². The minimum Gasteiger partial charge on any atom is -0.480 e. The zero-order valence-electron chi connectivity index (χ0n) is 12.6. The average molecular weight is 301 g/mol. The summed E-state index contributed by atoms with van der Waals surface area (Å²) in [4.78, 5) is 36.1. The normalized spacial score (nSPS) is 20.0. The van der Waals surface area contributed by atoms with Gasteiger partial charge >= 0.3 is 12.0 Å². The number of carboxylic acid groups (broad SMARTS) is 1. The highest BCUT2D eigenvalue weighted by Crippen LogP contribution is 2.07. The first kappa shape index (κ1) is 17.2. The van der Waals surface area contributed by atoms with E-state index in [2.05, 4.69) is 10.6 Å². The van der Waals surface area contributed by atoms with Gasteiger partial charge in [-0.15, -0.1) is 0 Å². The van der Waals surface area contributed by atoms with Gasteiger partial charge in [0.15, 0.2) is 6.04 Å². The van der Waals surface area contributed by atoms with Gasteiger partial charge in [-0.3, -0.25) is 4.79 Å². The van der Waals surface area contributed by atoms with Crippen molar-refractivity contribution in [3.63, 3.8) is 0 Å². The molecule has 3 amide bonds. The summed E-state index contributed by atoms with van der Waals surface area (Å²) < 4.78 is 5.06. The molecule has 0 spiro atoms. The van der Waals surface area contributed by atoms with Crippen LogP contribution in [0.25, 0.3) is 0 Å². The summed E-state index contributed by atoms with van der Waals surface area (Å²) in [6, 6.07) is -2.32. The molecule has 8 nitrogen and oxygen atoms in total. The molecule has 1 heterocycles. The molecule has 21 heavy (non-hydrogen) atoms. The van der Waals surface area contributed by atoms with Gasteiger partial charge < -0.3 is 25.4 Å². The zero-order chi connectivity index (χ0) is 16.0. The summed E-state index contributed by atoms with van der Waals surface area (Å²) in [5.74, 6) is -1.11. The minimum absolute atomic E-state index is 0.0450. The Hall–Kier alpha value is -1.83. The van der Waals surface area contributed by atoms with Gasteiger partial charge in [-0.05, 0) is 12.8 Å². The molecule has 1 rings (SSSR count). The number of morpholine rings is 1. The first-order valence-corrected chi connectivity index (χ1v) is 6.98. The minimum atomic E-state index is -1.12. The summed E-state index contributed by atoms with van der Waals surface area (Å²) in [5.41, 5.74) is 0. The molecule has 1 saturated heterocycles. The summed E-state index contributed by atoms with van der Waals surface area (Å²) >= 11 is 0. The zero-order valence-corrected chi connectivity index (χ0v) is 12.6. The van der Waals surface area contributed by atoms with Crippen LogP contribution in [0.2, 0.25) is 0 Å². The first-order chi connectivity index (χ1) is 9.82. The van der Waals surface area contributed by atoms with Crippen molar-refractivity contribution in [1.29, 1.82) is 0 Å². The van der Waals surface area contributed by atoms with Crippen LogP contribution < -0.4 is 10.6 Å². The average Bonchev–Trinajstić information content (AvgIpc) is 2.44. The van der Waals surface area contributed by atoms with Crippen molar-refractivity contribution in [2.24, 2.45) is 5.92 Å². The quantitative estimate of drug-likeness (QED) is 0.643. The lowest BCUT2D eigenvalue weighted by Crippen LogP contribution is -2.58. The van der Waals surface area contributed by atoms with E-state index in [4.69, 9.17) is 9.84 Å². The van der Waals surface area contributed by atoms with E-state index in [-0.39, 0.29) is 25.7 Å². The van der Waals surface area contributed by atoms with Gasteiger partial charge in [0.2, 0.25) is 5.91 Å². The molecule has 0 aliphatic carbocycles. The standard InChI is InChI=1S/C13H23N3O5/c1-8(2)6-14-11(17)9(3)15-13(20)16-4-5-21-7-10(16)12(18)19/h8-10H,4-7H2,1-3H3,(H,14,17)(H,15,20)(H,18,19). The lowest BCUT2D eigenvalue weighted by molar-refractivity contribution is -0.147. The Bertz CT molecular complexity index is 399. The second-order valence-corrected chi connectivity index (χ2v) is 5.43. The third-order valence-corrected chi connectivity index (χ3v) is 3.09. The van der Waals surface area contributed by atoms with Crippen LogP contribution in [-0.2, 0) is 14.3 Å². The van der Waals surface area contributed by atoms with Gasteiger partial charge in [-0.25, -0.2) is 9.59 Å². The molecule has 0 aromatic carbocycles. The topological polar surface area (TPSA) is 108 Å². The molecule has 0 aromatic rings. The highest BCUT2D eigenvalue weighted by Gasteiger charge is 2.33. The molecule has 0 bridgehead atoms.